The van der Waals surface area contributed by atoms with Gasteiger partial charge in [-0.05, 0) is 49.0 Å². The summed E-state index contributed by atoms with van der Waals surface area (Å²) in [6, 6.07) is 8.56. The van der Waals surface area contributed by atoms with Gasteiger partial charge in [-0.3, -0.25) is 0 Å². The topological polar surface area (TPSA) is 12.5 Å². The van der Waals surface area contributed by atoms with E-state index in [-0.39, 0.29) is 5.41 Å². The molecule has 0 N–H and O–H groups in total. The Balaban J connectivity index is 2.30. The van der Waals surface area contributed by atoms with Gasteiger partial charge in [-0.2, -0.15) is 0 Å². The Morgan fingerprint density at radius 2 is 2.18 bits per heavy atom. The summed E-state index contributed by atoms with van der Waals surface area (Å²) in [6.45, 7) is 7.10. The smallest absolute Gasteiger partial charge is 0.119 e. The molecule has 2 heteroatoms. The zero-order valence-corrected chi connectivity index (χ0v) is 11.4. The molecule has 1 heterocycles. The Kier molecular flexibility index (Phi) is 3.43. The molecular weight excluding hydrogens is 210 g/mol. The van der Waals surface area contributed by atoms with E-state index in [2.05, 4.69) is 44.0 Å². The molecule has 0 unspecified atom stereocenters. The fraction of sp³-hybridized carbons (Fsp3) is 0.600. The molecule has 0 bridgehead atoms. The second-order valence-corrected chi connectivity index (χ2v) is 5.56. The number of benzene rings is 1. The quantitative estimate of drug-likeness (QED) is 0.778. The lowest BCUT2D eigenvalue weighted by atomic mass is 9.68. The van der Waals surface area contributed by atoms with Crippen LogP contribution in [0.1, 0.15) is 25.8 Å². The molecule has 1 saturated heterocycles. The maximum absolute atomic E-state index is 5.34. The monoisotopic (exact) mass is 233 g/mol. The molecule has 1 aliphatic heterocycles. The summed E-state index contributed by atoms with van der Waals surface area (Å²) in [5, 5.41) is 0. The highest BCUT2D eigenvalue weighted by Gasteiger charge is 2.37. The Hall–Kier alpha value is -1.02. The van der Waals surface area contributed by atoms with E-state index in [9.17, 15) is 0 Å². The zero-order chi connectivity index (χ0) is 12.5. The molecule has 94 valence electrons. The standard InChI is InChI=1S/C15H23NO/c1-12-11-16(3)9-8-15(12,2)13-6-5-7-14(10-13)17-4/h5-7,10,12H,8-9,11H2,1-4H3/t12-,15+/m0/s1. The third-order valence-electron chi connectivity index (χ3n) is 4.42. The third-order valence-corrected chi connectivity index (χ3v) is 4.42. The largest absolute Gasteiger partial charge is 0.497 e. The fourth-order valence-corrected chi connectivity index (χ4v) is 2.84. The van der Waals surface area contributed by atoms with Gasteiger partial charge in [0.25, 0.3) is 0 Å². The van der Waals surface area contributed by atoms with Gasteiger partial charge < -0.3 is 9.64 Å². The van der Waals surface area contributed by atoms with E-state index in [1.165, 1.54) is 25.1 Å². The van der Waals surface area contributed by atoms with Gasteiger partial charge in [0.15, 0.2) is 0 Å². The van der Waals surface area contributed by atoms with Crippen molar-refractivity contribution in [3.63, 3.8) is 0 Å². The van der Waals surface area contributed by atoms with Crippen molar-refractivity contribution < 1.29 is 4.74 Å². The summed E-state index contributed by atoms with van der Waals surface area (Å²) in [5.41, 5.74) is 1.69. The Morgan fingerprint density at radius 1 is 1.41 bits per heavy atom. The highest BCUT2D eigenvalue weighted by Crippen LogP contribution is 2.39. The van der Waals surface area contributed by atoms with Crippen LogP contribution in [-0.2, 0) is 5.41 Å². The molecule has 0 aliphatic carbocycles. The number of likely N-dealkylation sites (tertiary alicyclic amines) is 1. The summed E-state index contributed by atoms with van der Waals surface area (Å²) >= 11 is 0. The van der Waals surface area contributed by atoms with Crippen molar-refractivity contribution in [1.29, 1.82) is 0 Å². The second kappa shape index (κ2) is 4.69. The van der Waals surface area contributed by atoms with Crippen LogP contribution in [0.2, 0.25) is 0 Å². The van der Waals surface area contributed by atoms with Crippen LogP contribution in [0.15, 0.2) is 24.3 Å². The van der Waals surface area contributed by atoms with Crippen LogP contribution < -0.4 is 4.74 Å². The second-order valence-electron chi connectivity index (χ2n) is 5.56. The Morgan fingerprint density at radius 3 is 2.82 bits per heavy atom. The van der Waals surface area contributed by atoms with Crippen molar-refractivity contribution in [2.45, 2.75) is 25.7 Å². The summed E-state index contributed by atoms with van der Waals surface area (Å²) in [7, 11) is 3.95. The average molecular weight is 233 g/mol. The molecular formula is C15H23NO. The van der Waals surface area contributed by atoms with Gasteiger partial charge in [-0.25, -0.2) is 0 Å². The summed E-state index contributed by atoms with van der Waals surface area (Å²) in [5.74, 6) is 1.64. The minimum absolute atomic E-state index is 0.279. The Labute approximate surface area is 105 Å². The van der Waals surface area contributed by atoms with E-state index in [1.807, 2.05) is 6.07 Å². The number of ether oxygens (including phenoxy) is 1. The molecule has 0 amide bonds. The summed E-state index contributed by atoms with van der Waals surface area (Å²) < 4.78 is 5.34. The summed E-state index contributed by atoms with van der Waals surface area (Å²) in [6.07, 6.45) is 1.22. The van der Waals surface area contributed by atoms with Gasteiger partial charge in [-0.15, -0.1) is 0 Å². The van der Waals surface area contributed by atoms with E-state index in [4.69, 9.17) is 4.74 Å². The van der Waals surface area contributed by atoms with Gasteiger partial charge >= 0.3 is 0 Å². The van der Waals surface area contributed by atoms with Crippen molar-refractivity contribution >= 4 is 0 Å². The van der Waals surface area contributed by atoms with E-state index >= 15 is 0 Å². The van der Waals surface area contributed by atoms with Crippen LogP contribution in [-0.4, -0.2) is 32.1 Å². The lowest BCUT2D eigenvalue weighted by molar-refractivity contribution is 0.133. The van der Waals surface area contributed by atoms with Gasteiger partial charge in [0, 0.05) is 6.54 Å². The maximum atomic E-state index is 5.34. The predicted octanol–water partition coefficient (Wildman–Crippen LogP) is 2.92. The maximum Gasteiger partial charge on any atom is 0.119 e. The van der Waals surface area contributed by atoms with Gasteiger partial charge in [-0.1, -0.05) is 26.0 Å². The van der Waals surface area contributed by atoms with Crippen LogP contribution in [0.5, 0.6) is 5.75 Å². The molecule has 1 aliphatic rings. The normalized spacial score (nSPS) is 30.2. The first-order valence-corrected chi connectivity index (χ1v) is 6.39. The van der Waals surface area contributed by atoms with Crippen molar-refractivity contribution in [3.05, 3.63) is 29.8 Å². The summed E-state index contributed by atoms with van der Waals surface area (Å²) in [4.78, 5) is 2.42. The van der Waals surface area contributed by atoms with Gasteiger partial charge in [0.1, 0.15) is 5.75 Å². The first-order chi connectivity index (χ1) is 8.06. The van der Waals surface area contributed by atoms with E-state index in [0.29, 0.717) is 5.92 Å². The first kappa shape index (κ1) is 12.4. The minimum atomic E-state index is 0.279. The number of hydrogen-bond acceptors (Lipinski definition) is 2. The van der Waals surface area contributed by atoms with Crippen molar-refractivity contribution in [2.75, 3.05) is 27.2 Å². The third kappa shape index (κ3) is 2.32. The molecule has 2 nitrogen and oxygen atoms in total. The molecule has 17 heavy (non-hydrogen) atoms. The average Bonchev–Trinajstić information content (AvgIpc) is 2.34. The number of piperidine rings is 1. The highest BCUT2D eigenvalue weighted by molar-refractivity contribution is 5.34. The number of hydrogen-bond donors (Lipinski definition) is 0. The van der Waals surface area contributed by atoms with Gasteiger partial charge in [0.2, 0.25) is 0 Å². The van der Waals surface area contributed by atoms with Crippen LogP contribution in [0, 0.1) is 5.92 Å². The van der Waals surface area contributed by atoms with E-state index < -0.39 is 0 Å². The predicted molar refractivity (Wildman–Crippen MR) is 71.6 cm³/mol. The first-order valence-electron chi connectivity index (χ1n) is 6.39. The zero-order valence-electron chi connectivity index (χ0n) is 11.4. The molecule has 0 aromatic heterocycles. The van der Waals surface area contributed by atoms with Crippen molar-refractivity contribution in [2.24, 2.45) is 5.92 Å². The van der Waals surface area contributed by atoms with Crippen molar-refractivity contribution in [3.8, 4) is 5.75 Å². The van der Waals surface area contributed by atoms with E-state index in [0.717, 1.165) is 5.75 Å². The SMILES string of the molecule is COc1cccc([C@]2(C)CCN(C)C[C@@H]2C)c1. The van der Waals surface area contributed by atoms with Crippen LogP contribution in [0.3, 0.4) is 0 Å². The van der Waals surface area contributed by atoms with Crippen molar-refractivity contribution in [1.82, 2.24) is 4.90 Å². The molecule has 0 saturated carbocycles. The lowest BCUT2D eigenvalue weighted by Crippen LogP contribution is -2.45. The van der Waals surface area contributed by atoms with Crippen LogP contribution >= 0.6 is 0 Å². The Bertz CT molecular complexity index is 390. The van der Waals surface area contributed by atoms with Gasteiger partial charge in [0.05, 0.1) is 7.11 Å². The molecule has 2 rings (SSSR count). The molecule has 1 aromatic rings. The molecule has 1 aromatic carbocycles. The minimum Gasteiger partial charge on any atom is -0.497 e. The van der Waals surface area contributed by atoms with E-state index in [1.54, 1.807) is 7.11 Å². The number of nitrogens with zero attached hydrogens (tertiary/aromatic N) is 1. The van der Waals surface area contributed by atoms with Crippen LogP contribution in [0.4, 0.5) is 0 Å². The number of rotatable bonds is 2. The van der Waals surface area contributed by atoms with Crippen LogP contribution in [0.25, 0.3) is 0 Å². The molecule has 0 radical (unpaired) electrons. The molecule has 1 fully saturated rings. The lowest BCUT2D eigenvalue weighted by Gasteiger charge is -2.44. The molecule has 2 atom stereocenters. The highest BCUT2D eigenvalue weighted by atomic mass is 16.5. The molecule has 0 spiro atoms. The fourth-order valence-electron chi connectivity index (χ4n) is 2.84. The number of methoxy groups -OCH3 is 1.